The summed E-state index contributed by atoms with van der Waals surface area (Å²) in [5, 5.41) is 3.95. The molecular formula is C27H35N6O7S+. The highest BCUT2D eigenvalue weighted by Crippen LogP contribution is 2.30. The number of methoxy groups -OCH3 is 2. The summed E-state index contributed by atoms with van der Waals surface area (Å²) >= 11 is 0. The molecule has 220 valence electrons. The van der Waals surface area contributed by atoms with Gasteiger partial charge in [-0.05, 0) is 35.4 Å². The highest BCUT2D eigenvalue weighted by molar-refractivity contribution is 7.85. The van der Waals surface area contributed by atoms with Gasteiger partial charge in [-0.3, -0.25) is 4.18 Å². The van der Waals surface area contributed by atoms with Gasteiger partial charge in [0.15, 0.2) is 6.04 Å². The zero-order valence-electron chi connectivity index (χ0n) is 23.6. The Balaban J connectivity index is 2.00. The molecule has 2 aromatic carbocycles. The third-order valence-electron chi connectivity index (χ3n) is 5.91. The number of hydrogen-bond donors (Lipinski definition) is 1. The van der Waals surface area contributed by atoms with E-state index in [1.165, 1.54) is 0 Å². The maximum Gasteiger partial charge on any atom is 0.264 e. The van der Waals surface area contributed by atoms with E-state index >= 15 is 0 Å². The summed E-state index contributed by atoms with van der Waals surface area (Å²) in [5.41, 5.74) is 9.61. The van der Waals surface area contributed by atoms with Gasteiger partial charge in [-0.1, -0.05) is 24.3 Å². The van der Waals surface area contributed by atoms with Crippen LogP contribution in [0.1, 0.15) is 22.8 Å². The van der Waals surface area contributed by atoms with Crippen LogP contribution in [0.3, 0.4) is 0 Å². The van der Waals surface area contributed by atoms with E-state index in [9.17, 15) is 8.42 Å². The van der Waals surface area contributed by atoms with Crippen molar-refractivity contribution in [2.24, 2.45) is 5.11 Å². The van der Waals surface area contributed by atoms with Crippen molar-refractivity contribution in [1.29, 1.82) is 5.53 Å². The predicted molar refractivity (Wildman–Crippen MR) is 150 cm³/mol. The molecule has 3 rings (SSSR count). The van der Waals surface area contributed by atoms with Crippen LogP contribution in [0.25, 0.3) is 0 Å². The van der Waals surface area contributed by atoms with Crippen LogP contribution in [0, 0.1) is 5.53 Å². The lowest BCUT2D eigenvalue weighted by atomic mass is 10.0. The van der Waals surface area contributed by atoms with Crippen molar-refractivity contribution in [3.8, 4) is 11.5 Å². The van der Waals surface area contributed by atoms with Crippen LogP contribution in [0.5, 0.6) is 11.5 Å². The molecule has 0 aliphatic carbocycles. The standard InChI is InChI=1S/C27H35N6O7S/c1-33(2)27-29-14-21(15-30-27)25(38-16-19-6-10-22(36-3)11-7-19)26(24(31-32-28)18-40-41(5,34)35)39-17-20-8-12-23(37-4)13-9-20/h6-15,24-26,28H,16-18H2,1-5H3/q+1/t24-,25+,26+/m0/s1. The lowest BCUT2D eigenvalue weighted by Gasteiger charge is -2.29. The van der Waals surface area contributed by atoms with Gasteiger partial charge in [-0.15, -0.1) is 0 Å². The third-order valence-corrected chi connectivity index (χ3v) is 6.48. The van der Waals surface area contributed by atoms with Gasteiger partial charge in [0.1, 0.15) is 34.4 Å². The second kappa shape index (κ2) is 15.2. The van der Waals surface area contributed by atoms with Gasteiger partial charge >= 0.3 is 0 Å². The van der Waals surface area contributed by atoms with Gasteiger partial charge in [0.05, 0.1) is 40.3 Å². The Morgan fingerprint density at radius 3 is 1.85 bits per heavy atom. The molecule has 0 fully saturated rings. The van der Waals surface area contributed by atoms with E-state index in [1.807, 2.05) is 50.5 Å². The molecule has 3 aromatic rings. The van der Waals surface area contributed by atoms with Crippen molar-refractivity contribution in [2.45, 2.75) is 31.5 Å². The van der Waals surface area contributed by atoms with Gasteiger partial charge < -0.3 is 23.8 Å². The molecule has 0 saturated heterocycles. The first kappa shape index (κ1) is 31.6. The molecule has 0 aliphatic rings. The summed E-state index contributed by atoms with van der Waals surface area (Å²) < 4.78 is 52.0. The lowest BCUT2D eigenvalue weighted by Crippen LogP contribution is -2.39. The zero-order valence-corrected chi connectivity index (χ0v) is 24.4. The second-order valence-corrected chi connectivity index (χ2v) is 10.8. The fourth-order valence-electron chi connectivity index (χ4n) is 3.77. The summed E-state index contributed by atoms with van der Waals surface area (Å²) in [6.45, 7) is -0.158. The van der Waals surface area contributed by atoms with E-state index in [1.54, 1.807) is 43.6 Å². The van der Waals surface area contributed by atoms with Crippen molar-refractivity contribution in [3.05, 3.63) is 77.6 Å². The van der Waals surface area contributed by atoms with Crippen LogP contribution >= 0.6 is 0 Å². The number of nitrogens with one attached hydrogen (secondary N) is 1. The molecule has 0 amide bonds. The Labute approximate surface area is 239 Å². The Morgan fingerprint density at radius 1 is 0.902 bits per heavy atom. The van der Waals surface area contributed by atoms with Crippen LogP contribution in [-0.4, -0.2) is 71.7 Å². The molecular weight excluding hydrogens is 552 g/mol. The molecule has 1 N–H and O–H groups in total. The second-order valence-electron chi connectivity index (χ2n) is 9.19. The molecule has 41 heavy (non-hydrogen) atoms. The normalized spacial score (nSPS) is 13.5. The average molecular weight is 588 g/mol. The maximum absolute atomic E-state index is 11.8. The molecule has 0 saturated carbocycles. The summed E-state index contributed by atoms with van der Waals surface area (Å²) in [7, 11) is 2.98. The number of anilines is 1. The zero-order chi connectivity index (χ0) is 29.8. The highest BCUT2D eigenvalue weighted by atomic mass is 32.2. The molecule has 0 radical (unpaired) electrons. The number of ether oxygens (including phenoxy) is 4. The van der Waals surface area contributed by atoms with Crippen molar-refractivity contribution in [2.75, 3.05) is 46.1 Å². The minimum absolute atomic E-state index is 0.108. The molecule has 0 aliphatic heterocycles. The average Bonchev–Trinajstić information content (AvgIpc) is 2.97. The topological polar surface area (TPSA) is 160 Å². The van der Waals surface area contributed by atoms with Crippen LogP contribution in [-0.2, 0) is 37.0 Å². The highest BCUT2D eigenvalue weighted by Gasteiger charge is 2.37. The summed E-state index contributed by atoms with van der Waals surface area (Å²) in [6.07, 6.45) is 2.33. The Morgan fingerprint density at radius 2 is 1.41 bits per heavy atom. The van der Waals surface area contributed by atoms with Crippen LogP contribution in [0.15, 0.2) is 66.0 Å². The van der Waals surface area contributed by atoms with Gasteiger partial charge in [0, 0.05) is 32.1 Å². The fourth-order valence-corrected chi connectivity index (χ4v) is 4.16. The van der Waals surface area contributed by atoms with Crippen LogP contribution in [0.2, 0.25) is 0 Å². The molecule has 1 heterocycles. The summed E-state index contributed by atoms with van der Waals surface area (Å²) in [6, 6.07) is 13.6. The summed E-state index contributed by atoms with van der Waals surface area (Å²) in [4.78, 5) is 13.8. The first-order valence-electron chi connectivity index (χ1n) is 12.5. The Hall–Kier alpha value is -3.94. The molecule has 13 nitrogen and oxygen atoms in total. The maximum atomic E-state index is 11.8. The van der Waals surface area contributed by atoms with Crippen LogP contribution in [0.4, 0.5) is 5.95 Å². The number of aromatic nitrogens is 2. The molecule has 14 heteroatoms. The minimum Gasteiger partial charge on any atom is -0.497 e. The van der Waals surface area contributed by atoms with Gasteiger partial charge in [0.25, 0.3) is 10.1 Å². The van der Waals surface area contributed by atoms with Gasteiger partial charge in [-0.25, -0.2) is 9.97 Å². The first-order chi connectivity index (χ1) is 19.6. The van der Waals surface area contributed by atoms with E-state index < -0.39 is 35.0 Å². The van der Waals surface area contributed by atoms with Crippen LogP contribution < -0.4 is 19.3 Å². The number of benzene rings is 2. The number of rotatable bonds is 16. The van der Waals surface area contributed by atoms with Gasteiger partial charge in [-0.2, -0.15) is 8.42 Å². The van der Waals surface area contributed by atoms with Crippen molar-refractivity contribution in [3.63, 3.8) is 0 Å². The van der Waals surface area contributed by atoms with Gasteiger partial charge in [0.2, 0.25) is 10.9 Å². The fraction of sp³-hybridized carbons (Fsp3) is 0.407. The number of nitrogens with zero attached hydrogens (tertiary/aromatic N) is 5. The predicted octanol–water partition coefficient (Wildman–Crippen LogP) is 3.30. The van der Waals surface area contributed by atoms with E-state index in [2.05, 4.69) is 20.0 Å². The Bertz CT molecular complexity index is 1380. The van der Waals surface area contributed by atoms with E-state index in [0.29, 0.717) is 23.0 Å². The molecule has 3 atom stereocenters. The van der Waals surface area contributed by atoms with Crippen molar-refractivity contribution >= 4 is 16.1 Å². The van der Waals surface area contributed by atoms with E-state index in [0.717, 1.165) is 17.4 Å². The first-order valence-corrected chi connectivity index (χ1v) is 14.3. The van der Waals surface area contributed by atoms with E-state index in [4.69, 9.17) is 28.7 Å². The monoisotopic (exact) mass is 587 g/mol. The molecule has 1 aromatic heterocycles. The van der Waals surface area contributed by atoms with E-state index in [-0.39, 0.29) is 13.2 Å². The van der Waals surface area contributed by atoms with Crippen molar-refractivity contribution in [1.82, 2.24) is 14.9 Å². The molecule has 0 bridgehead atoms. The quantitative estimate of drug-likeness (QED) is 0.150. The molecule has 0 spiro atoms. The minimum atomic E-state index is -3.83. The Kier molecular flexibility index (Phi) is 11.7. The lowest BCUT2D eigenvalue weighted by molar-refractivity contribution is -0.103. The van der Waals surface area contributed by atoms with Crippen molar-refractivity contribution < 1.29 is 31.5 Å². The third kappa shape index (κ3) is 9.88. The smallest absolute Gasteiger partial charge is 0.264 e. The number of hydrogen-bond acceptors (Lipinski definition) is 12. The summed E-state index contributed by atoms with van der Waals surface area (Å²) in [5.74, 6) is 1.88. The SMILES string of the molecule is COc1ccc(CO[C@H]([C@H](COS(C)(=O)=O)N=[N+]=N)[C@H](OCc2ccc(OC)cc2)c2cnc(N(C)C)nc2)cc1. The largest absolute Gasteiger partial charge is 0.497 e. The molecule has 0 unspecified atom stereocenters.